The second-order valence-electron chi connectivity index (χ2n) is 4.11. The summed E-state index contributed by atoms with van der Waals surface area (Å²) in [4.78, 5) is 12.3. The van der Waals surface area contributed by atoms with E-state index in [9.17, 15) is 4.79 Å². The zero-order chi connectivity index (χ0) is 13.7. The molecule has 0 aromatic heterocycles. The third-order valence-electron chi connectivity index (χ3n) is 2.71. The Kier molecular flexibility index (Phi) is 4.26. The summed E-state index contributed by atoms with van der Waals surface area (Å²) in [6.45, 7) is 0.497. The zero-order valence-electron chi connectivity index (χ0n) is 10.3. The number of carbonyl (C=O) groups excluding carboxylic acids is 1. The van der Waals surface area contributed by atoms with Crippen LogP contribution < -0.4 is 11.1 Å². The molecule has 0 aliphatic rings. The average molecular weight is 270 g/mol. The number of thiocarbonyl (C=S) groups is 1. The van der Waals surface area contributed by atoms with Crippen LogP contribution in [0.2, 0.25) is 0 Å². The van der Waals surface area contributed by atoms with Crippen molar-refractivity contribution < 1.29 is 4.79 Å². The Morgan fingerprint density at radius 2 is 1.74 bits per heavy atom. The van der Waals surface area contributed by atoms with Crippen LogP contribution in [0.15, 0.2) is 54.6 Å². The number of nitrogens with one attached hydrogen (secondary N) is 1. The van der Waals surface area contributed by atoms with Crippen LogP contribution in [-0.4, -0.2) is 10.9 Å². The second kappa shape index (κ2) is 6.11. The van der Waals surface area contributed by atoms with Crippen molar-refractivity contribution in [3.05, 3.63) is 71.3 Å². The van der Waals surface area contributed by atoms with E-state index < -0.39 is 0 Å². The van der Waals surface area contributed by atoms with Crippen LogP contribution in [0.5, 0.6) is 0 Å². The molecule has 96 valence electrons. The minimum atomic E-state index is -0.137. The van der Waals surface area contributed by atoms with Crippen molar-refractivity contribution >= 4 is 23.1 Å². The summed E-state index contributed by atoms with van der Waals surface area (Å²) in [5, 5.41) is 2.86. The normalized spacial score (nSPS) is 9.89. The van der Waals surface area contributed by atoms with Gasteiger partial charge in [-0.3, -0.25) is 4.79 Å². The maximum atomic E-state index is 12.0. The quantitative estimate of drug-likeness (QED) is 0.838. The first kappa shape index (κ1) is 13.2. The maximum absolute atomic E-state index is 12.0. The predicted octanol–water partition coefficient (Wildman–Crippen LogP) is 2.25. The highest BCUT2D eigenvalue weighted by Gasteiger charge is 2.06. The number of hydrogen-bond donors (Lipinski definition) is 2. The fraction of sp³-hybridized carbons (Fsp3) is 0.0667. The predicted molar refractivity (Wildman–Crippen MR) is 79.9 cm³/mol. The van der Waals surface area contributed by atoms with Gasteiger partial charge in [-0.25, -0.2) is 0 Å². The van der Waals surface area contributed by atoms with Gasteiger partial charge in [-0.05, 0) is 17.7 Å². The van der Waals surface area contributed by atoms with Crippen LogP contribution in [0.3, 0.4) is 0 Å². The van der Waals surface area contributed by atoms with E-state index in [1.807, 2.05) is 30.3 Å². The first-order valence-corrected chi connectivity index (χ1v) is 6.29. The summed E-state index contributed by atoms with van der Waals surface area (Å²) in [5.74, 6) is -0.137. The van der Waals surface area contributed by atoms with Gasteiger partial charge >= 0.3 is 0 Å². The van der Waals surface area contributed by atoms with E-state index in [1.54, 1.807) is 24.3 Å². The van der Waals surface area contributed by atoms with Gasteiger partial charge in [0.05, 0.1) is 0 Å². The molecule has 0 saturated heterocycles. The number of carbonyl (C=O) groups is 1. The van der Waals surface area contributed by atoms with Gasteiger partial charge in [0.2, 0.25) is 0 Å². The smallest absolute Gasteiger partial charge is 0.251 e. The molecule has 3 nitrogen and oxygen atoms in total. The van der Waals surface area contributed by atoms with Crippen molar-refractivity contribution in [3.63, 3.8) is 0 Å². The Morgan fingerprint density at radius 1 is 1.05 bits per heavy atom. The SMILES string of the molecule is NC(=S)c1cccc(C(=O)NCc2ccccc2)c1. The summed E-state index contributed by atoms with van der Waals surface area (Å²) in [5.41, 5.74) is 7.86. The maximum Gasteiger partial charge on any atom is 0.251 e. The summed E-state index contributed by atoms with van der Waals surface area (Å²) in [6.07, 6.45) is 0. The molecule has 2 rings (SSSR count). The Morgan fingerprint density at radius 3 is 2.42 bits per heavy atom. The topological polar surface area (TPSA) is 55.1 Å². The molecule has 0 radical (unpaired) electrons. The Labute approximate surface area is 117 Å². The van der Waals surface area contributed by atoms with Crippen LogP contribution >= 0.6 is 12.2 Å². The summed E-state index contributed by atoms with van der Waals surface area (Å²) in [7, 11) is 0. The van der Waals surface area contributed by atoms with Crippen LogP contribution in [0, 0.1) is 0 Å². The van der Waals surface area contributed by atoms with E-state index in [2.05, 4.69) is 5.32 Å². The number of hydrogen-bond acceptors (Lipinski definition) is 2. The minimum Gasteiger partial charge on any atom is -0.389 e. The highest BCUT2D eigenvalue weighted by Crippen LogP contribution is 2.06. The van der Waals surface area contributed by atoms with E-state index in [0.29, 0.717) is 17.7 Å². The Hall–Kier alpha value is -2.20. The van der Waals surface area contributed by atoms with Crippen molar-refractivity contribution in [2.75, 3.05) is 0 Å². The molecule has 4 heteroatoms. The van der Waals surface area contributed by atoms with Crippen LogP contribution in [0.4, 0.5) is 0 Å². The van der Waals surface area contributed by atoms with Gasteiger partial charge in [-0.2, -0.15) is 0 Å². The van der Waals surface area contributed by atoms with E-state index in [1.165, 1.54) is 0 Å². The van der Waals surface area contributed by atoms with Crippen molar-refractivity contribution in [1.29, 1.82) is 0 Å². The van der Waals surface area contributed by atoms with Crippen molar-refractivity contribution in [2.45, 2.75) is 6.54 Å². The lowest BCUT2D eigenvalue weighted by molar-refractivity contribution is 0.0951. The van der Waals surface area contributed by atoms with Crippen LogP contribution in [0.1, 0.15) is 21.5 Å². The average Bonchev–Trinajstić information content (AvgIpc) is 2.46. The fourth-order valence-corrected chi connectivity index (χ4v) is 1.82. The van der Waals surface area contributed by atoms with Gasteiger partial charge in [-0.15, -0.1) is 0 Å². The monoisotopic (exact) mass is 270 g/mol. The third kappa shape index (κ3) is 3.63. The molecule has 0 spiro atoms. The van der Waals surface area contributed by atoms with Crippen molar-refractivity contribution in [1.82, 2.24) is 5.32 Å². The number of benzene rings is 2. The molecule has 0 fully saturated rings. The van der Waals surface area contributed by atoms with Gasteiger partial charge in [-0.1, -0.05) is 54.7 Å². The molecule has 0 bridgehead atoms. The van der Waals surface area contributed by atoms with E-state index in [4.69, 9.17) is 18.0 Å². The van der Waals surface area contributed by atoms with Gasteiger partial charge < -0.3 is 11.1 Å². The molecular weight excluding hydrogens is 256 g/mol. The minimum absolute atomic E-state index is 0.137. The first-order valence-electron chi connectivity index (χ1n) is 5.89. The Bertz CT molecular complexity index is 596. The molecule has 0 unspecified atom stereocenters. The lowest BCUT2D eigenvalue weighted by Gasteiger charge is -2.06. The molecule has 0 atom stereocenters. The Balaban J connectivity index is 2.04. The van der Waals surface area contributed by atoms with Gasteiger partial charge in [0.25, 0.3) is 5.91 Å². The molecule has 3 N–H and O–H groups in total. The van der Waals surface area contributed by atoms with E-state index in [-0.39, 0.29) is 10.9 Å². The molecule has 2 aromatic rings. The lowest BCUT2D eigenvalue weighted by atomic mass is 10.1. The molecule has 2 aromatic carbocycles. The standard InChI is InChI=1S/C15H14N2OS/c16-14(19)12-7-4-8-13(9-12)15(18)17-10-11-5-2-1-3-6-11/h1-9H,10H2,(H2,16,19)(H,17,18). The fourth-order valence-electron chi connectivity index (χ4n) is 1.69. The van der Waals surface area contributed by atoms with Gasteiger partial charge in [0, 0.05) is 17.7 Å². The molecule has 0 aliphatic carbocycles. The van der Waals surface area contributed by atoms with E-state index >= 15 is 0 Å². The van der Waals surface area contributed by atoms with Crippen molar-refractivity contribution in [2.24, 2.45) is 5.73 Å². The van der Waals surface area contributed by atoms with Crippen LogP contribution in [0.25, 0.3) is 0 Å². The zero-order valence-corrected chi connectivity index (χ0v) is 11.1. The van der Waals surface area contributed by atoms with Gasteiger partial charge in [0.15, 0.2) is 0 Å². The molecule has 0 heterocycles. The second-order valence-corrected chi connectivity index (χ2v) is 4.55. The highest BCUT2D eigenvalue weighted by atomic mass is 32.1. The molecule has 19 heavy (non-hydrogen) atoms. The lowest BCUT2D eigenvalue weighted by Crippen LogP contribution is -2.23. The van der Waals surface area contributed by atoms with E-state index in [0.717, 1.165) is 5.56 Å². The van der Waals surface area contributed by atoms with Gasteiger partial charge in [0.1, 0.15) is 4.99 Å². The summed E-state index contributed by atoms with van der Waals surface area (Å²) in [6, 6.07) is 16.7. The number of rotatable bonds is 4. The summed E-state index contributed by atoms with van der Waals surface area (Å²) >= 11 is 4.90. The first-order chi connectivity index (χ1) is 9.16. The number of nitrogens with two attached hydrogens (primary N) is 1. The molecular formula is C15H14N2OS. The highest BCUT2D eigenvalue weighted by molar-refractivity contribution is 7.80. The van der Waals surface area contributed by atoms with Crippen molar-refractivity contribution in [3.8, 4) is 0 Å². The largest absolute Gasteiger partial charge is 0.389 e. The molecule has 0 saturated carbocycles. The third-order valence-corrected chi connectivity index (χ3v) is 2.94. The summed E-state index contributed by atoms with van der Waals surface area (Å²) < 4.78 is 0. The molecule has 0 aliphatic heterocycles. The van der Waals surface area contributed by atoms with Crippen LogP contribution in [-0.2, 0) is 6.54 Å². The molecule has 1 amide bonds. The number of amides is 1.